The fourth-order valence-corrected chi connectivity index (χ4v) is 2.98. The molecule has 0 amide bonds. The molecule has 1 aromatic rings. The van der Waals surface area contributed by atoms with Gasteiger partial charge in [0.05, 0.1) is 3.79 Å². The average Bonchev–Trinajstić information content (AvgIpc) is 2.33. The molecular weight excluding hydrogens is 222 g/mol. The summed E-state index contributed by atoms with van der Waals surface area (Å²) in [4.78, 5) is 1.45. The Morgan fingerprint density at radius 3 is 2.82 bits per heavy atom. The minimum Gasteiger partial charge on any atom is -0.309 e. The van der Waals surface area contributed by atoms with Crippen LogP contribution < -0.4 is 5.32 Å². The normalized spacial score (nSPS) is 30.0. The number of nitrogens with one attached hydrogen (secondary N) is 1. The second kappa shape index (κ2) is 2.88. The molecule has 1 N–H and O–H groups in total. The smallest absolute Gasteiger partial charge is 0.0701 e. The van der Waals surface area contributed by atoms with E-state index in [4.69, 9.17) is 0 Å². The van der Waals surface area contributed by atoms with Gasteiger partial charge in [0.2, 0.25) is 0 Å². The van der Waals surface area contributed by atoms with E-state index in [1.54, 1.807) is 0 Å². The SMILES string of the molecule is CC1CNC1c1ccc(Br)s1. The van der Waals surface area contributed by atoms with E-state index in [9.17, 15) is 0 Å². The average molecular weight is 232 g/mol. The summed E-state index contributed by atoms with van der Waals surface area (Å²) in [6.45, 7) is 3.45. The van der Waals surface area contributed by atoms with E-state index in [0.29, 0.717) is 6.04 Å². The molecule has 0 saturated carbocycles. The molecule has 0 bridgehead atoms. The van der Waals surface area contributed by atoms with E-state index in [0.717, 1.165) is 5.92 Å². The lowest BCUT2D eigenvalue weighted by molar-refractivity contribution is 0.262. The second-order valence-electron chi connectivity index (χ2n) is 3.01. The Morgan fingerprint density at radius 1 is 1.64 bits per heavy atom. The van der Waals surface area contributed by atoms with Crippen LogP contribution in [0.3, 0.4) is 0 Å². The molecule has 0 aliphatic carbocycles. The van der Waals surface area contributed by atoms with Crippen molar-refractivity contribution in [2.45, 2.75) is 13.0 Å². The number of hydrogen-bond donors (Lipinski definition) is 1. The molecule has 1 saturated heterocycles. The number of rotatable bonds is 1. The molecule has 1 aliphatic heterocycles. The summed E-state index contributed by atoms with van der Waals surface area (Å²) in [7, 11) is 0. The highest BCUT2D eigenvalue weighted by molar-refractivity contribution is 9.11. The highest BCUT2D eigenvalue weighted by Gasteiger charge is 2.28. The first-order valence-corrected chi connectivity index (χ1v) is 5.37. The van der Waals surface area contributed by atoms with Gasteiger partial charge in [-0.3, -0.25) is 0 Å². The Labute approximate surface area is 78.9 Å². The maximum atomic E-state index is 3.46. The largest absolute Gasteiger partial charge is 0.309 e. The van der Waals surface area contributed by atoms with Crippen LogP contribution in [0, 0.1) is 5.92 Å². The third kappa shape index (κ3) is 1.37. The molecule has 0 radical (unpaired) electrons. The quantitative estimate of drug-likeness (QED) is 0.785. The van der Waals surface area contributed by atoms with Gasteiger partial charge in [-0.1, -0.05) is 6.92 Å². The van der Waals surface area contributed by atoms with E-state index in [2.05, 4.69) is 40.3 Å². The second-order valence-corrected chi connectivity index (χ2v) is 5.50. The van der Waals surface area contributed by atoms with Crippen LogP contribution in [0.1, 0.15) is 17.8 Å². The van der Waals surface area contributed by atoms with Gasteiger partial charge in [-0.15, -0.1) is 11.3 Å². The van der Waals surface area contributed by atoms with Gasteiger partial charge in [-0.05, 0) is 34.0 Å². The Balaban J connectivity index is 2.16. The summed E-state index contributed by atoms with van der Waals surface area (Å²) < 4.78 is 1.23. The molecular formula is C8H10BrNS. The molecule has 3 heteroatoms. The lowest BCUT2D eigenvalue weighted by Crippen LogP contribution is -2.43. The number of halogens is 1. The Hall–Kier alpha value is 0.140. The molecule has 0 spiro atoms. The van der Waals surface area contributed by atoms with Crippen LogP contribution in [0.15, 0.2) is 15.9 Å². The summed E-state index contributed by atoms with van der Waals surface area (Å²) >= 11 is 5.29. The molecule has 0 aromatic carbocycles. The lowest BCUT2D eigenvalue weighted by atomic mass is 9.93. The van der Waals surface area contributed by atoms with Gasteiger partial charge in [0, 0.05) is 17.5 Å². The molecule has 60 valence electrons. The molecule has 2 heterocycles. The van der Waals surface area contributed by atoms with Gasteiger partial charge in [0.1, 0.15) is 0 Å². The molecule has 1 nitrogen and oxygen atoms in total. The van der Waals surface area contributed by atoms with Crippen molar-refractivity contribution in [2.75, 3.05) is 6.54 Å². The van der Waals surface area contributed by atoms with Crippen molar-refractivity contribution in [3.05, 3.63) is 20.8 Å². The zero-order valence-corrected chi connectivity index (χ0v) is 8.71. The molecule has 11 heavy (non-hydrogen) atoms. The predicted octanol–water partition coefficient (Wildman–Crippen LogP) is 2.79. The zero-order valence-electron chi connectivity index (χ0n) is 6.30. The lowest BCUT2D eigenvalue weighted by Gasteiger charge is -2.34. The third-order valence-electron chi connectivity index (χ3n) is 2.13. The standard InChI is InChI=1S/C8H10BrNS/c1-5-4-10-8(5)6-2-3-7(9)11-6/h2-3,5,8,10H,4H2,1H3. The molecule has 1 aliphatic rings. The highest BCUT2D eigenvalue weighted by Crippen LogP contribution is 2.35. The summed E-state index contributed by atoms with van der Waals surface area (Å²) in [6, 6.07) is 4.93. The fourth-order valence-electron chi connectivity index (χ4n) is 1.35. The first-order chi connectivity index (χ1) is 5.27. The Bertz CT molecular complexity index is 258. The van der Waals surface area contributed by atoms with Crippen LogP contribution >= 0.6 is 27.3 Å². The molecule has 1 fully saturated rings. The predicted molar refractivity (Wildman–Crippen MR) is 51.9 cm³/mol. The maximum Gasteiger partial charge on any atom is 0.0701 e. The minimum absolute atomic E-state index is 0.617. The van der Waals surface area contributed by atoms with Crippen molar-refractivity contribution in [3.63, 3.8) is 0 Å². The third-order valence-corrected chi connectivity index (χ3v) is 3.84. The van der Waals surface area contributed by atoms with Crippen LogP contribution in [0.2, 0.25) is 0 Å². The van der Waals surface area contributed by atoms with Gasteiger partial charge in [0.15, 0.2) is 0 Å². The summed E-state index contributed by atoms with van der Waals surface area (Å²) in [5.74, 6) is 0.806. The zero-order chi connectivity index (χ0) is 7.84. The number of thiophene rings is 1. The fraction of sp³-hybridized carbons (Fsp3) is 0.500. The van der Waals surface area contributed by atoms with E-state index < -0.39 is 0 Å². The van der Waals surface area contributed by atoms with Crippen molar-refractivity contribution < 1.29 is 0 Å². The van der Waals surface area contributed by atoms with E-state index >= 15 is 0 Å². The molecule has 1 aromatic heterocycles. The van der Waals surface area contributed by atoms with Crippen LogP contribution in [-0.4, -0.2) is 6.54 Å². The monoisotopic (exact) mass is 231 g/mol. The summed E-state index contributed by atoms with van der Waals surface area (Å²) in [6.07, 6.45) is 0. The van der Waals surface area contributed by atoms with Gasteiger partial charge in [0.25, 0.3) is 0 Å². The van der Waals surface area contributed by atoms with E-state index in [-0.39, 0.29) is 0 Å². The van der Waals surface area contributed by atoms with Crippen LogP contribution in [0.4, 0.5) is 0 Å². The van der Waals surface area contributed by atoms with Crippen molar-refractivity contribution in [2.24, 2.45) is 5.92 Å². The molecule has 2 atom stereocenters. The summed E-state index contributed by atoms with van der Waals surface area (Å²) in [5.41, 5.74) is 0. The first-order valence-electron chi connectivity index (χ1n) is 3.76. The van der Waals surface area contributed by atoms with Crippen molar-refractivity contribution in [3.8, 4) is 0 Å². The van der Waals surface area contributed by atoms with Crippen molar-refractivity contribution in [1.29, 1.82) is 0 Å². The van der Waals surface area contributed by atoms with Crippen LogP contribution in [0.5, 0.6) is 0 Å². The van der Waals surface area contributed by atoms with Crippen molar-refractivity contribution >= 4 is 27.3 Å². The summed E-state index contributed by atoms with van der Waals surface area (Å²) in [5, 5.41) is 3.41. The Morgan fingerprint density at radius 2 is 2.45 bits per heavy atom. The van der Waals surface area contributed by atoms with E-state index in [1.807, 2.05) is 11.3 Å². The van der Waals surface area contributed by atoms with Crippen molar-refractivity contribution in [1.82, 2.24) is 5.32 Å². The minimum atomic E-state index is 0.617. The van der Waals surface area contributed by atoms with Crippen LogP contribution in [0.25, 0.3) is 0 Å². The topological polar surface area (TPSA) is 12.0 Å². The van der Waals surface area contributed by atoms with Gasteiger partial charge in [-0.2, -0.15) is 0 Å². The first kappa shape index (κ1) is 7.77. The molecule has 2 unspecified atom stereocenters. The maximum absolute atomic E-state index is 3.46. The van der Waals surface area contributed by atoms with Gasteiger partial charge >= 0.3 is 0 Å². The van der Waals surface area contributed by atoms with Crippen LogP contribution in [-0.2, 0) is 0 Å². The van der Waals surface area contributed by atoms with Gasteiger partial charge in [-0.25, -0.2) is 0 Å². The van der Waals surface area contributed by atoms with E-state index in [1.165, 1.54) is 15.2 Å². The number of hydrogen-bond acceptors (Lipinski definition) is 2. The molecule has 2 rings (SSSR count). The van der Waals surface area contributed by atoms with Gasteiger partial charge < -0.3 is 5.32 Å². The highest BCUT2D eigenvalue weighted by atomic mass is 79.9. The Kier molecular flexibility index (Phi) is 2.04.